The van der Waals surface area contributed by atoms with Gasteiger partial charge in [-0.05, 0) is 35.1 Å². The molecule has 106 valence electrons. The minimum atomic E-state index is 0. The molecule has 2 N–H and O–H groups in total. The Morgan fingerprint density at radius 2 is 2.16 bits per heavy atom. The molecule has 0 spiro atoms. The first-order chi connectivity index (χ1) is 8.56. The van der Waals surface area contributed by atoms with E-state index in [1.165, 1.54) is 0 Å². The van der Waals surface area contributed by atoms with Crippen LogP contribution in [0.1, 0.15) is 0 Å². The molecule has 0 aliphatic carbocycles. The molecular formula is C12H15Br2ClN2O2. The fraction of sp³-hybridized carbons (Fsp3) is 0.333. The van der Waals surface area contributed by atoms with Gasteiger partial charge < -0.3 is 15.2 Å². The number of hydrogen-bond acceptors (Lipinski definition) is 4. The number of anilines is 1. The quantitative estimate of drug-likeness (QED) is 0.595. The normalized spacial score (nSPS) is 17.7. The van der Waals surface area contributed by atoms with Crippen molar-refractivity contribution >= 4 is 50.0 Å². The second-order valence-electron chi connectivity index (χ2n) is 4.09. The molecule has 1 heterocycles. The van der Waals surface area contributed by atoms with Crippen molar-refractivity contribution in [3.8, 4) is 5.75 Å². The van der Waals surface area contributed by atoms with Crippen molar-refractivity contribution in [1.29, 1.82) is 0 Å². The van der Waals surface area contributed by atoms with Crippen LogP contribution in [0.2, 0.25) is 0 Å². The van der Waals surface area contributed by atoms with Crippen molar-refractivity contribution in [2.75, 3.05) is 32.5 Å². The Balaban J connectivity index is 0.00000180. The highest BCUT2D eigenvalue weighted by Gasteiger charge is 2.12. The Kier molecular flexibility index (Phi) is 6.46. The molecule has 1 aliphatic heterocycles. The first-order valence-electron chi connectivity index (χ1n) is 5.48. The van der Waals surface area contributed by atoms with Crippen molar-refractivity contribution in [3.05, 3.63) is 33.1 Å². The molecule has 0 bridgehead atoms. The summed E-state index contributed by atoms with van der Waals surface area (Å²) in [6.07, 6.45) is 1.61. The highest BCUT2D eigenvalue weighted by Crippen LogP contribution is 2.34. The summed E-state index contributed by atoms with van der Waals surface area (Å²) in [6.45, 7) is 2.36. The van der Waals surface area contributed by atoms with Crippen LogP contribution in [0, 0.1) is 0 Å². The van der Waals surface area contributed by atoms with Gasteiger partial charge in [-0.2, -0.15) is 0 Å². The molecule has 0 aromatic heterocycles. The van der Waals surface area contributed by atoms with Crippen LogP contribution in [0.5, 0.6) is 5.75 Å². The van der Waals surface area contributed by atoms with E-state index in [1.54, 1.807) is 6.26 Å². The van der Waals surface area contributed by atoms with Gasteiger partial charge in [0.25, 0.3) is 0 Å². The van der Waals surface area contributed by atoms with Crippen molar-refractivity contribution < 1.29 is 9.47 Å². The van der Waals surface area contributed by atoms with E-state index in [9.17, 15) is 0 Å². The minimum absolute atomic E-state index is 0. The second kappa shape index (κ2) is 7.38. The molecule has 1 aromatic rings. The summed E-state index contributed by atoms with van der Waals surface area (Å²) in [4.78, 5) is 2.17. The van der Waals surface area contributed by atoms with Crippen molar-refractivity contribution in [2.24, 2.45) is 0 Å². The largest absolute Gasteiger partial charge is 0.492 e. The zero-order chi connectivity index (χ0) is 13.1. The number of benzene rings is 1. The third kappa shape index (κ3) is 4.56. The van der Waals surface area contributed by atoms with E-state index in [0.717, 1.165) is 27.8 Å². The smallest absolute Gasteiger partial charge is 0.151 e. The van der Waals surface area contributed by atoms with E-state index in [2.05, 4.69) is 36.8 Å². The zero-order valence-electron chi connectivity index (χ0n) is 10.4. The van der Waals surface area contributed by atoms with Gasteiger partial charge in [-0.25, -0.2) is 0 Å². The van der Waals surface area contributed by atoms with E-state index in [4.69, 9.17) is 15.2 Å². The Labute approximate surface area is 135 Å². The maximum absolute atomic E-state index is 5.92. The first-order valence-corrected chi connectivity index (χ1v) is 7.06. The molecule has 0 saturated carbocycles. The maximum Gasteiger partial charge on any atom is 0.151 e. The van der Waals surface area contributed by atoms with Crippen LogP contribution in [0.4, 0.5) is 5.69 Å². The van der Waals surface area contributed by atoms with Gasteiger partial charge in [0.2, 0.25) is 0 Å². The van der Waals surface area contributed by atoms with E-state index in [1.807, 2.05) is 19.2 Å². The van der Waals surface area contributed by atoms with Gasteiger partial charge in [0.1, 0.15) is 18.6 Å². The molecule has 2 rings (SSSR count). The maximum atomic E-state index is 5.92. The molecule has 0 unspecified atom stereocenters. The Morgan fingerprint density at radius 3 is 2.84 bits per heavy atom. The van der Waals surface area contributed by atoms with Crippen molar-refractivity contribution in [3.63, 3.8) is 0 Å². The second-order valence-corrected chi connectivity index (χ2v) is 5.86. The number of nitrogen functional groups attached to an aromatic ring is 1. The predicted octanol–water partition coefficient (Wildman–Crippen LogP) is 3.40. The van der Waals surface area contributed by atoms with Gasteiger partial charge in [0, 0.05) is 15.5 Å². The molecule has 0 radical (unpaired) electrons. The van der Waals surface area contributed by atoms with E-state index in [0.29, 0.717) is 18.0 Å². The standard InChI is InChI=1S/C12H14Br2N2O2.ClH/c1-16-2-3-17-9(6-16)7-18-11-5-8(13)4-10(14)12(11)15;/h4-5,7H,2-3,6,15H2,1H3;1H. The fourth-order valence-corrected chi connectivity index (χ4v) is 2.77. The topological polar surface area (TPSA) is 47.7 Å². The lowest BCUT2D eigenvalue weighted by Crippen LogP contribution is -2.31. The van der Waals surface area contributed by atoms with Gasteiger partial charge in [0.15, 0.2) is 5.75 Å². The highest BCUT2D eigenvalue weighted by molar-refractivity contribution is 9.11. The molecule has 0 atom stereocenters. The summed E-state index contributed by atoms with van der Waals surface area (Å²) in [5.41, 5.74) is 6.49. The van der Waals surface area contributed by atoms with E-state index >= 15 is 0 Å². The number of likely N-dealkylation sites (N-methyl/N-ethyl adjacent to an activating group) is 1. The number of nitrogens with two attached hydrogens (primary N) is 1. The zero-order valence-corrected chi connectivity index (χ0v) is 14.3. The number of halogens is 3. The Bertz CT molecular complexity index is 483. The average Bonchev–Trinajstić information content (AvgIpc) is 2.32. The van der Waals surface area contributed by atoms with Gasteiger partial charge in [-0.1, -0.05) is 15.9 Å². The number of morpholine rings is 1. The van der Waals surface area contributed by atoms with Gasteiger partial charge in [-0.15, -0.1) is 12.4 Å². The molecule has 1 saturated heterocycles. The van der Waals surface area contributed by atoms with Gasteiger partial charge in [-0.3, -0.25) is 4.90 Å². The molecule has 4 nitrogen and oxygen atoms in total. The van der Waals surface area contributed by atoms with Crippen molar-refractivity contribution in [2.45, 2.75) is 0 Å². The lowest BCUT2D eigenvalue weighted by Gasteiger charge is -2.24. The number of hydrogen-bond donors (Lipinski definition) is 1. The Hall–Kier alpha value is -0.430. The molecule has 19 heavy (non-hydrogen) atoms. The summed E-state index contributed by atoms with van der Waals surface area (Å²) in [6, 6.07) is 3.70. The third-order valence-corrected chi connectivity index (χ3v) is 3.67. The third-order valence-electron chi connectivity index (χ3n) is 2.56. The number of rotatable bonds is 2. The van der Waals surface area contributed by atoms with Crippen LogP contribution in [0.15, 0.2) is 33.1 Å². The predicted molar refractivity (Wildman–Crippen MR) is 85.7 cm³/mol. The molecule has 0 amide bonds. The van der Waals surface area contributed by atoms with Crippen LogP contribution in [0.25, 0.3) is 0 Å². The van der Waals surface area contributed by atoms with Crippen LogP contribution in [-0.4, -0.2) is 31.6 Å². The summed E-state index contributed by atoms with van der Waals surface area (Å²) in [5.74, 6) is 1.40. The fourth-order valence-electron chi connectivity index (χ4n) is 1.58. The van der Waals surface area contributed by atoms with Crippen LogP contribution in [-0.2, 0) is 4.74 Å². The molecule has 7 heteroatoms. The Morgan fingerprint density at radius 1 is 1.42 bits per heavy atom. The molecule has 1 aromatic carbocycles. The summed E-state index contributed by atoms with van der Waals surface area (Å²) >= 11 is 6.77. The average molecular weight is 415 g/mol. The van der Waals surface area contributed by atoms with Gasteiger partial charge in [0.05, 0.1) is 12.2 Å². The van der Waals surface area contributed by atoms with E-state index < -0.39 is 0 Å². The lowest BCUT2D eigenvalue weighted by molar-refractivity contribution is 0.104. The first kappa shape index (κ1) is 16.6. The van der Waals surface area contributed by atoms with Crippen LogP contribution in [0.3, 0.4) is 0 Å². The molecule has 1 fully saturated rings. The summed E-state index contributed by atoms with van der Waals surface area (Å²) in [5, 5.41) is 0. The minimum Gasteiger partial charge on any atom is -0.492 e. The van der Waals surface area contributed by atoms with E-state index in [-0.39, 0.29) is 12.4 Å². The van der Waals surface area contributed by atoms with Crippen LogP contribution < -0.4 is 10.5 Å². The summed E-state index contributed by atoms with van der Waals surface area (Å²) < 4.78 is 12.8. The molecular weight excluding hydrogens is 399 g/mol. The SMILES string of the molecule is CN1CCOC(=COc2cc(Br)cc(Br)c2N)C1.Cl. The summed E-state index contributed by atoms with van der Waals surface area (Å²) in [7, 11) is 2.04. The highest BCUT2D eigenvalue weighted by atomic mass is 79.9. The lowest BCUT2D eigenvalue weighted by atomic mass is 10.3. The van der Waals surface area contributed by atoms with Crippen LogP contribution >= 0.6 is 44.3 Å². The monoisotopic (exact) mass is 412 g/mol. The van der Waals surface area contributed by atoms with Gasteiger partial charge >= 0.3 is 0 Å². The number of nitrogens with zero attached hydrogens (tertiary/aromatic N) is 1. The van der Waals surface area contributed by atoms with Crippen molar-refractivity contribution in [1.82, 2.24) is 4.90 Å². The number of ether oxygens (including phenoxy) is 2. The molecule has 1 aliphatic rings.